The Morgan fingerprint density at radius 3 is 2.60 bits per heavy atom. The lowest BCUT2D eigenvalue weighted by Crippen LogP contribution is -2.37. The Balaban J connectivity index is 1.79. The zero-order valence-electron chi connectivity index (χ0n) is 16.7. The molecule has 0 radical (unpaired) electrons. The Morgan fingerprint density at radius 1 is 1.03 bits per heavy atom. The maximum Gasteiger partial charge on any atom is 0.229 e. The number of anilines is 1. The summed E-state index contributed by atoms with van der Waals surface area (Å²) in [6, 6.07) is 13.1. The van der Waals surface area contributed by atoms with Gasteiger partial charge in [0.05, 0.1) is 23.6 Å². The average Bonchev–Trinajstić information content (AvgIpc) is 3.20. The monoisotopic (exact) mass is 423 g/mol. The van der Waals surface area contributed by atoms with Crippen molar-refractivity contribution in [2.24, 2.45) is 0 Å². The third-order valence-corrected chi connectivity index (χ3v) is 7.19. The predicted molar refractivity (Wildman–Crippen MR) is 113 cm³/mol. The van der Waals surface area contributed by atoms with Gasteiger partial charge in [-0.2, -0.15) is 4.52 Å². The summed E-state index contributed by atoms with van der Waals surface area (Å²) >= 11 is 0. The summed E-state index contributed by atoms with van der Waals surface area (Å²) in [4.78, 5) is 7.11. The van der Waals surface area contributed by atoms with Crippen molar-refractivity contribution in [1.29, 1.82) is 0 Å². The van der Waals surface area contributed by atoms with Crippen LogP contribution >= 0.6 is 0 Å². The van der Waals surface area contributed by atoms with Crippen molar-refractivity contribution in [3.05, 3.63) is 53.6 Å². The molecular weight excluding hydrogens is 402 g/mol. The van der Waals surface area contributed by atoms with Crippen molar-refractivity contribution < 1.29 is 13.2 Å². The minimum Gasteiger partial charge on any atom is -0.378 e. The molecule has 5 rings (SSSR count). The summed E-state index contributed by atoms with van der Waals surface area (Å²) in [6.45, 7) is 6.23. The summed E-state index contributed by atoms with van der Waals surface area (Å²) in [6.07, 6.45) is 0. The highest BCUT2D eigenvalue weighted by Gasteiger charge is 2.29. The molecular formula is C21H21N5O3S. The van der Waals surface area contributed by atoms with E-state index in [2.05, 4.69) is 15.2 Å². The second kappa shape index (κ2) is 7.03. The second-order valence-electron chi connectivity index (χ2n) is 7.45. The van der Waals surface area contributed by atoms with Gasteiger partial charge in [0.15, 0.2) is 5.65 Å². The van der Waals surface area contributed by atoms with Crippen LogP contribution in [0, 0.1) is 13.8 Å². The minimum absolute atomic E-state index is 0.128. The van der Waals surface area contributed by atoms with Gasteiger partial charge in [0.2, 0.25) is 14.9 Å². The molecule has 0 atom stereocenters. The van der Waals surface area contributed by atoms with Crippen LogP contribution in [0.4, 0.5) is 5.82 Å². The topological polar surface area (TPSA) is 89.7 Å². The number of fused-ring (bicyclic) bond motifs is 3. The number of hydrogen-bond donors (Lipinski definition) is 0. The van der Waals surface area contributed by atoms with Crippen molar-refractivity contribution >= 4 is 32.2 Å². The first-order valence-corrected chi connectivity index (χ1v) is 11.2. The molecule has 4 aromatic rings. The molecule has 9 heteroatoms. The lowest BCUT2D eigenvalue weighted by atomic mass is 10.2. The average molecular weight is 423 g/mol. The predicted octanol–water partition coefficient (Wildman–Crippen LogP) is 2.56. The van der Waals surface area contributed by atoms with Crippen LogP contribution in [0.5, 0.6) is 0 Å². The fourth-order valence-electron chi connectivity index (χ4n) is 3.82. The highest BCUT2D eigenvalue weighted by molar-refractivity contribution is 7.91. The third-order valence-electron chi connectivity index (χ3n) is 5.40. The highest BCUT2D eigenvalue weighted by Crippen LogP contribution is 2.31. The highest BCUT2D eigenvalue weighted by atomic mass is 32.2. The van der Waals surface area contributed by atoms with Crippen molar-refractivity contribution in [3.63, 3.8) is 0 Å². The number of morpholine rings is 1. The van der Waals surface area contributed by atoms with Crippen molar-refractivity contribution in [3.8, 4) is 0 Å². The number of benzene rings is 2. The van der Waals surface area contributed by atoms with E-state index in [0.29, 0.717) is 31.9 Å². The van der Waals surface area contributed by atoms with Crippen molar-refractivity contribution in [2.75, 3.05) is 31.2 Å². The molecule has 2 aromatic carbocycles. The number of para-hydroxylation sites is 1. The molecule has 1 aliphatic rings. The zero-order valence-corrected chi connectivity index (χ0v) is 17.6. The second-order valence-corrected chi connectivity index (χ2v) is 9.29. The Hall–Kier alpha value is -3.04. The summed E-state index contributed by atoms with van der Waals surface area (Å²) in [5.41, 5.74) is 2.52. The standard InChI is InChI=1S/C21H21N5O3S/c1-14-7-8-15(2)18(13-14)30(27,28)21-20-22-19(25-9-11-29-12-10-25)16-5-3-4-6-17(16)26(20)24-23-21/h3-8,13H,9-12H2,1-2H3. The molecule has 0 aliphatic carbocycles. The van der Waals surface area contributed by atoms with Gasteiger partial charge in [-0.3, -0.25) is 0 Å². The van der Waals surface area contributed by atoms with Crippen LogP contribution in [-0.2, 0) is 14.6 Å². The first kappa shape index (κ1) is 19.0. The van der Waals surface area contributed by atoms with Gasteiger partial charge < -0.3 is 9.64 Å². The van der Waals surface area contributed by atoms with Gasteiger partial charge in [-0.05, 0) is 43.2 Å². The molecule has 0 N–H and O–H groups in total. The molecule has 2 aromatic heterocycles. The molecule has 154 valence electrons. The number of ether oxygens (including phenoxy) is 1. The lowest BCUT2D eigenvalue weighted by molar-refractivity contribution is 0.122. The number of nitrogens with zero attached hydrogens (tertiary/aromatic N) is 5. The first-order chi connectivity index (χ1) is 14.5. The first-order valence-electron chi connectivity index (χ1n) is 9.76. The molecule has 3 heterocycles. The Kier molecular flexibility index (Phi) is 4.44. The number of aromatic nitrogens is 4. The van der Waals surface area contributed by atoms with Gasteiger partial charge in [0.1, 0.15) is 5.82 Å². The Labute approximate surface area is 174 Å². The van der Waals surface area contributed by atoms with Gasteiger partial charge in [-0.1, -0.05) is 29.5 Å². The lowest BCUT2D eigenvalue weighted by Gasteiger charge is -2.28. The van der Waals surface area contributed by atoms with Crippen molar-refractivity contribution in [1.82, 2.24) is 19.8 Å². The van der Waals surface area contributed by atoms with Gasteiger partial charge >= 0.3 is 0 Å². The fraction of sp³-hybridized carbons (Fsp3) is 0.286. The van der Waals surface area contributed by atoms with Gasteiger partial charge in [0, 0.05) is 18.5 Å². The summed E-state index contributed by atoms with van der Waals surface area (Å²) < 4.78 is 34.0. The number of hydrogen-bond acceptors (Lipinski definition) is 7. The molecule has 0 amide bonds. The van der Waals surface area contributed by atoms with Gasteiger partial charge in [-0.15, -0.1) is 5.10 Å². The number of aryl methyl sites for hydroxylation is 2. The van der Waals surface area contributed by atoms with E-state index in [1.165, 1.54) is 4.52 Å². The molecule has 0 spiro atoms. The van der Waals surface area contributed by atoms with Gasteiger partial charge in [-0.25, -0.2) is 13.4 Å². The molecule has 1 aliphatic heterocycles. The van der Waals surface area contributed by atoms with Crippen LogP contribution in [0.1, 0.15) is 11.1 Å². The number of rotatable bonds is 3. The molecule has 1 fully saturated rings. The van der Waals surface area contributed by atoms with E-state index in [0.717, 1.165) is 22.3 Å². The van der Waals surface area contributed by atoms with E-state index in [9.17, 15) is 8.42 Å². The summed E-state index contributed by atoms with van der Waals surface area (Å²) in [5.74, 6) is 0.723. The smallest absolute Gasteiger partial charge is 0.229 e. The van der Waals surface area contributed by atoms with Crippen molar-refractivity contribution in [2.45, 2.75) is 23.8 Å². The van der Waals surface area contributed by atoms with E-state index >= 15 is 0 Å². The van der Waals surface area contributed by atoms with Crippen LogP contribution in [0.25, 0.3) is 16.6 Å². The minimum atomic E-state index is -3.89. The van der Waals surface area contributed by atoms with Crippen LogP contribution in [-0.4, -0.2) is 54.5 Å². The van der Waals surface area contributed by atoms with E-state index in [1.54, 1.807) is 19.1 Å². The van der Waals surface area contributed by atoms with Crippen LogP contribution in [0.3, 0.4) is 0 Å². The SMILES string of the molecule is Cc1ccc(C)c(S(=O)(=O)c2nnn3c2nc(N2CCOCC2)c2ccccc23)c1. The van der Waals surface area contributed by atoms with E-state index in [4.69, 9.17) is 9.72 Å². The summed E-state index contributed by atoms with van der Waals surface area (Å²) in [5, 5.41) is 9.00. The van der Waals surface area contributed by atoms with E-state index < -0.39 is 9.84 Å². The number of sulfone groups is 1. The zero-order chi connectivity index (χ0) is 20.9. The quantitative estimate of drug-likeness (QED) is 0.500. The Morgan fingerprint density at radius 2 is 1.80 bits per heavy atom. The molecule has 0 saturated carbocycles. The molecule has 0 unspecified atom stereocenters. The maximum absolute atomic E-state index is 13.5. The van der Waals surface area contributed by atoms with Crippen LogP contribution in [0.2, 0.25) is 0 Å². The maximum atomic E-state index is 13.5. The normalized spacial score (nSPS) is 15.2. The molecule has 30 heavy (non-hydrogen) atoms. The third kappa shape index (κ3) is 2.93. The van der Waals surface area contributed by atoms with Crippen LogP contribution < -0.4 is 4.90 Å². The molecule has 8 nitrogen and oxygen atoms in total. The van der Waals surface area contributed by atoms with Gasteiger partial charge in [0.25, 0.3) is 0 Å². The largest absolute Gasteiger partial charge is 0.378 e. The fourth-order valence-corrected chi connectivity index (χ4v) is 5.38. The van der Waals surface area contributed by atoms with E-state index in [-0.39, 0.29) is 15.6 Å². The summed E-state index contributed by atoms with van der Waals surface area (Å²) in [7, 11) is -3.89. The Bertz CT molecular complexity index is 1370. The van der Waals surface area contributed by atoms with E-state index in [1.807, 2.05) is 37.3 Å². The van der Waals surface area contributed by atoms with Crippen LogP contribution in [0.15, 0.2) is 52.4 Å². The molecule has 1 saturated heterocycles. The molecule has 0 bridgehead atoms.